The summed E-state index contributed by atoms with van der Waals surface area (Å²) in [5.74, 6) is -0.800. The van der Waals surface area contributed by atoms with Crippen molar-refractivity contribution >= 4 is 30.1 Å². The summed E-state index contributed by atoms with van der Waals surface area (Å²) in [6.45, 7) is 0. The summed E-state index contributed by atoms with van der Waals surface area (Å²) < 4.78 is 0. The van der Waals surface area contributed by atoms with Gasteiger partial charge in [-0.15, -0.1) is 0 Å². The molecule has 0 spiro atoms. The van der Waals surface area contributed by atoms with Gasteiger partial charge in [-0.25, -0.2) is 4.98 Å². The fourth-order valence-electron chi connectivity index (χ4n) is 2.59. The van der Waals surface area contributed by atoms with Crippen LogP contribution in [0.15, 0.2) is 34.4 Å². The van der Waals surface area contributed by atoms with Crippen molar-refractivity contribution in [3.05, 3.63) is 24.4 Å². The third-order valence-electron chi connectivity index (χ3n) is 3.39. The number of aromatic nitrogens is 1. The van der Waals surface area contributed by atoms with E-state index in [9.17, 15) is 9.59 Å². The molecule has 3 unspecified atom stereocenters. The molecular weight excluding hydrogens is 260 g/mol. The highest BCUT2D eigenvalue weighted by molar-refractivity contribution is 6.18. The van der Waals surface area contributed by atoms with Gasteiger partial charge in [-0.2, -0.15) is 0 Å². The van der Waals surface area contributed by atoms with E-state index in [4.69, 9.17) is 5.11 Å². The molecule has 1 saturated heterocycles. The van der Waals surface area contributed by atoms with Crippen molar-refractivity contribution in [1.82, 2.24) is 4.98 Å². The Labute approximate surface area is 114 Å². The molecule has 1 aromatic rings. The van der Waals surface area contributed by atoms with Crippen LogP contribution < -0.4 is 4.90 Å². The zero-order chi connectivity index (χ0) is 14.1. The fraction of sp³-hybridized carbons (Fsp3) is 0.308. The molecule has 0 aromatic carbocycles. The normalized spacial score (nSPS) is 27.7. The number of carboxylic acids is 1. The van der Waals surface area contributed by atoms with E-state index in [-0.39, 0.29) is 12.3 Å². The molecule has 1 fully saturated rings. The number of carbonyl (C=O) groups excluding carboxylic acids is 1. The largest absolute Gasteiger partial charge is 0.481 e. The van der Waals surface area contributed by atoms with Crippen molar-refractivity contribution < 1.29 is 14.7 Å². The number of aliphatic imine (C=N–C) groups is 2. The Kier molecular flexibility index (Phi) is 3.02. The van der Waals surface area contributed by atoms with Gasteiger partial charge in [-0.1, -0.05) is 6.07 Å². The minimum Gasteiger partial charge on any atom is -0.481 e. The number of carbonyl (C=O) groups is 2. The number of fused-ring (bicyclic) bond motifs is 1. The Balaban J connectivity index is 2.01. The highest BCUT2D eigenvalue weighted by Crippen LogP contribution is 2.31. The lowest BCUT2D eigenvalue weighted by Gasteiger charge is -2.24. The van der Waals surface area contributed by atoms with Gasteiger partial charge in [0.25, 0.3) is 5.91 Å². The van der Waals surface area contributed by atoms with Crippen molar-refractivity contribution in [3.63, 3.8) is 0 Å². The Hall–Kier alpha value is -2.57. The maximum Gasteiger partial charge on any atom is 0.305 e. The zero-order valence-electron chi connectivity index (χ0n) is 10.5. The summed E-state index contributed by atoms with van der Waals surface area (Å²) in [5.41, 5.74) is 0. The van der Waals surface area contributed by atoms with E-state index in [1.165, 1.54) is 17.3 Å². The number of aliphatic carboxylic acids is 1. The van der Waals surface area contributed by atoms with Crippen LogP contribution in [0.5, 0.6) is 0 Å². The second-order valence-electron chi connectivity index (χ2n) is 4.59. The molecule has 0 aliphatic carbocycles. The summed E-state index contributed by atoms with van der Waals surface area (Å²) in [5, 5.41) is 9.07. The third kappa shape index (κ3) is 1.97. The van der Waals surface area contributed by atoms with Gasteiger partial charge >= 0.3 is 5.97 Å². The van der Waals surface area contributed by atoms with E-state index < -0.39 is 24.1 Å². The summed E-state index contributed by atoms with van der Waals surface area (Å²) >= 11 is 0. The summed E-state index contributed by atoms with van der Waals surface area (Å²) in [7, 11) is 0. The Morgan fingerprint density at radius 3 is 2.80 bits per heavy atom. The number of carboxylic acid groups (broad SMARTS) is 1. The smallest absolute Gasteiger partial charge is 0.305 e. The average molecular weight is 272 g/mol. The van der Waals surface area contributed by atoms with E-state index in [0.29, 0.717) is 5.82 Å². The van der Waals surface area contributed by atoms with E-state index in [0.717, 1.165) is 0 Å². The number of hydrogen-bond donors (Lipinski definition) is 1. The van der Waals surface area contributed by atoms with E-state index >= 15 is 0 Å². The van der Waals surface area contributed by atoms with Gasteiger partial charge in [0.2, 0.25) is 0 Å². The average Bonchev–Trinajstić information content (AvgIpc) is 2.73. The minimum atomic E-state index is -0.978. The highest BCUT2D eigenvalue weighted by atomic mass is 16.4. The maximum absolute atomic E-state index is 12.4. The Morgan fingerprint density at radius 2 is 2.10 bits per heavy atom. The molecule has 0 bridgehead atoms. The first kappa shape index (κ1) is 12.5. The van der Waals surface area contributed by atoms with Crippen molar-refractivity contribution in [2.45, 2.75) is 24.5 Å². The maximum atomic E-state index is 12.4. The Morgan fingerprint density at radius 1 is 1.30 bits per heavy atom. The van der Waals surface area contributed by atoms with Gasteiger partial charge in [0, 0.05) is 18.6 Å². The number of anilines is 1. The van der Waals surface area contributed by atoms with Crippen molar-refractivity contribution in [1.29, 1.82) is 0 Å². The summed E-state index contributed by atoms with van der Waals surface area (Å²) in [4.78, 5) is 37.4. The SMILES string of the molecule is O=C(O)CC1C2N=CC=NC2C(=O)N1c1ccccn1. The molecule has 0 saturated carbocycles. The predicted molar refractivity (Wildman–Crippen MR) is 72.3 cm³/mol. The van der Waals surface area contributed by atoms with Crippen LogP contribution in [-0.4, -0.2) is 52.5 Å². The lowest BCUT2D eigenvalue weighted by Crippen LogP contribution is -2.39. The molecule has 1 aromatic heterocycles. The molecular formula is C13H12N4O3. The van der Waals surface area contributed by atoms with Gasteiger partial charge in [0.1, 0.15) is 11.9 Å². The molecule has 2 aliphatic rings. The van der Waals surface area contributed by atoms with Crippen LogP contribution in [0.4, 0.5) is 5.82 Å². The topological polar surface area (TPSA) is 95.2 Å². The van der Waals surface area contributed by atoms with Crippen LogP contribution in [0.3, 0.4) is 0 Å². The van der Waals surface area contributed by atoms with Crippen LogP contribution in [0.1, 0.15) is 6.42 Å². The number of nitrogens with zero attached hydrogens (tertiary/aromatic N) is 4. The number of amides is 1. The van der Waals surface area contributed by atoms with Crippen LogP contribution >= 0.6 is 0 Å². The second kappa shape index (κ2) is 4.84. The van der Waals surface area contributed by atoms with Gasteiger partial charge in [0.15, 0.2) is 6.04 Å². The monoisotopic (exact) mass is 272 g/mol. The van der Waals surface area contributed by atoms with E-state index in [1.807, 2.05) is 0 Å². The number of hydrogen-bond acceptors (Lipinski definition) is 5. The molecule has 102 valence electrons. The standard InChI is InChI=1S/C13H12N4O3/c18-10(19)7-8-11-12(16-6-5-15-11)13(20)17(8)9-3-1-2-4-14-9/h1-6,8,11-12H,7H2,(H,18,19). The zero-order valence-corrected chi connectivity index (χ0v) is 10.5. The van der Waals surface area contributed by atoms with Crippen LogP contribution in [0.25, 0.3) is 0 Å². The molecule has 7 heteroatoms. The molecule has 1 amide bonds. The molecule has 3 heterocycles. The lowest BCUT2D eigenvalue weighted by atomic mass is 10.0. The van der Waals surface area contributed by atoms with Crippen LogP contribution in [0.2, 0.25) is 0 Å². The number of rotatable bonds is 3. The Bertz CT molecular complexity index is 599. The van der Waals surface area contributed by atoms with Crippen LogP contribution in [-0.2, 0) is 9.59 Å². The first-order chi connectivity index (χ1) is 9.68. The minimum absolute atomic E-state index is 0.184. The summed E-state index contributed by atoms with van der Waals surface area (Å²) in [6.07, 6.45) is 4.36. The second-order valence-corrected chi connectivity index (χ2v) is 4.59. The highest BCUT2D eigenvalue weighted by Gasteiger charge is 2.50. The van der Waals surface area contributed by atoms with Crippen molar-refractivity contribution in [2.75, 3.05) is 4.90 Å². The van der Waals surface area contributed by atoms with E-state index in [2.05, 4.69) is 15.0 Å². The van der Waals surface area contributed by atoms with Gasteiger partial charge in [0.05, 0.1) is 12.5 Å². The molecule has 3 atom stereocenters. The van der Waals surface area contributed by atoms with Gasteiger partial charge in [-0.3, -0.25) is 24.5 Å². The lowest BCUT2D eigenvalue weighted by molar-refractivity contribution is -0.137. The summed E-state index contributed by atoms with van der Waals surface area (Å²) in [6, 6.07) is 3.49. The molecule has 3 rings (SSSR count). The van der Waals surface area contributed by atoms with Crippen LogP contribution in [0, 0.1) is 0 Å². The van der Waals surface area contributed by atoms with Crippen molar-refractivity contribution in [3.8, 4) is 0 Å². The molecule has 0 radical (unpaired) electrons. The van der Waals surface area contributed by atoms with Crippen molar-refractivity contribution in [2.24, 2.45) is 9.98 Å². The third-order valence-corrected chi connectivity index (χ3v) is 3.39. The van der Waals surface area contributed by atoms with E-state index in [1.54, 1.807) is 24.4 Å². The number of pyridine rings is 1. The first-order valence-electron chi connectivity index (χ1n) is 6.19. The van der Waals surface area contributed by atoms with Gasteiger partial charge in [-0.05, 0) is 12.1 Å². The first-order valence-corrected chi connectivity index (χ1v) is 6.19. The molecule has 2 aliphatic heterocycles. The van der Waals surface area contributed by atoms with Gasteiger partial charge < -0.3 is 5.11 Å². The molecule has 20 heavy (non-hydrogen) atoms. The molecule has 7 nitrogen and oxygen atoms in total. The molecule has 1 N–H and O–H groups in total. The quantitative estimate of drug-likeness (QED) is 0.848. The fourth-order valence-corrected chi connectivity index (χ4v) is 2.59. The predicted octanol–water partition coefficient (Wildman–Crippen LogP) is 0.164.